The van der Waals surface area contributed by atoms with Crippen molar-refractivity contribution in [1.29, 1.82) is 0 Å². The van der Waals surface area contributed by atoms with E-state index in [2.05, 4.69) is 16.9 Å². The lowest BCUT2D eigenvalue weighted by Gasteiger charge is -2.29. The van der Waals surface area contributed by atoms with Gasteiger partial charge in [0.05, 0.1) is 18.2 Å². The van der Waals surface area contributed by atoms with E-state index >= 15 is 0 Å². The molecule has 136 valence electrons. The van der Waals surface area contributed by atoms with Crippen LogP contribution in [0.4, 0.5) is 4.39 Å². The Kier molecular flexibility index (Phi) is 4.68. The average molecular weight is 354 g/mol. The standard InChI is InChI=1S/C20H23FN4O/c1-24-8-3-6-18(24)20-22-12-15-13-25(9-7-17(15)23-20)19(26)11-14-4-2-5-16(21)10-14/h2,4-5,10,12,18H,3,6-9,11,13H2,1H3. The van der Waals surface area contributed by atoms with E-state index in [9.17, 15) is 9.18 Å². The number of nitrogens with zero attached hydrogens (tertiary/aromatic N) is 4. The quantitative estimate of drug-likeness (QED) is 0.850. The molecule has 4 rings (SSSR count). The van der Waals surface area contributed by atoms with Crippen molar-refractivity contribution in [3.63, 3.8) is 0 Å². The van der Waals surface area contributed by atoms with Crippen LogP contribution >= 0.6 is 0 Å². The number of aromatic nitrogens is 2. The summed E-state index contributed by atoms with van der Waals surface area (Å²) in [5, 5.41) is 0. The van der Waals surface area contributed by atoms with Crippen molar-refractivity contribution < 1.29 is 9.18 Å². The van der Waals surface area contributed by atoms with Crippen molar-refractivity contribution in [2.24, 2.45) is 0 Å². The molecule has 1 unspecified atom stereocenters. The average Bonchev–Trinajstić information content (AvgIpc) is 3.07. The molecule has 1 amide bonds. The van der Waals surface area contributed by atoms with Gasteiger partial charge in [-0.25, -0.2) is 14.4 Å². The minimum atomic E-state index is -0.308. The topological polar surface area (TPSA) is 49.3 Å². The maximum Gasteiger partial charge on any atom is 0.227 e. The first kappa shape index (κ1) is 17.1. The van der Waals surface area contributed by atoms with Gasteiger partial charge in [0.25, 0.3) is 0 Å². The zero-order valence-electron chi connectivity index (χ0n) is 15.0. The summed E-state index contributed by atoms with van der Waals surface area (Å²) in [6.45, 7) is 2.27. The molecule has 0 spiro atoms. The Morgan fingerprint density at radius 3 is 3.00 bits per heavy atom. The first-order valence-corrected chi connectivity index (χ1v) is 9.17. The van der Waals surface area contributed by atoms with Crippen molar-refractivity contribution >= 4 is 5.91 Å². The summed E-state index contributed by atoms with van der Waals surface area (Å²) in [6.07, 6.45) is 5.14. The molecule has 0 aliphatic carbocycles. The van der Waals surface area contributed by atoms with E-state index in [4.69, 9.17) is 4.98 Å². The van der Waals surface area contributed by atoms with Crippen LogP contribution < -0.4 is 0 Å². The molecule has 2 aromatic rings. The summed E-state index contributed by atoms with van der Waals surface area (Å²) in [6, 6.07) is 6.55. The maximum atomic E-state index is 13.3. The van der Waals surface area contributed by atoms with Crippen LogP contribution in [0.15, 0.2) is 30.5 Å². The van der Waals surface area contributed by atoms with Gasteiger partial charge in [-0.1, -0.05) is 12.1 Å². The third-order valence-corrected chi connectivity index (χ3v) is 5.37. The maximum absolute atomic E-state index is 13.3. The number of hydrogen-bond donors (Lipinski definition) is 0. The van der Waals surface area contributed by atoms with Gasteiger partial charge in [0.1, 0.15) is 11.6 Å². The van der Waals surface area contributed by atoms with Crippen LogP contribution in [0, 0.1) is 5.82 Å². The van der Waals surface area contributed by atoms with Gasteiger partial charge >= 0.3 is 0 Å². The van der Waals surface area contributed by atoms with E-state index in [1.165, 1.54) is 18.6 Å². The molecule has 3 heterocycles. The highest BCUT2D eigenvalue weighted by Crippen LogP contribution is 2.29. The molecule has 26 heavy (non-hydrogen) atoms. The Bertz CT molecular complexity index is 825. The normalized spacial score (nSPS) is 20.2. The molecule has 5 nitrogen and oxygen atoms in total. The van der Waals surface area contributed by atoms with Crippen LogP contribution in [0.2, 0.25) is 0 Å². The molecule has 0 N–H and O–H groups in total. The zero-order valence-corrected chi connectivity index (χ0v) is 15.0. The fraction of sp³-hybridized carbons (Fsp3) is 0.450. The highest BCUT2D eigenvalue weighted by molar-refractivity contribution is 5.79. The highest BCUT2D eigenvalue weighted by atomic mass is 19.1. The second-order valence-electron chi connectivity index (χ2n) is 7.21. The SMILES string of the molecule is CN1CCCC1c1ncc2c(n1)CCN(C(=O)Cc1cccc(F)c1)C2. The number of fused-ring (bicyclic) bond motifs is 1. The number of likely N-dealkylation sites (tertiary alicyclic amines) is 1. The molecule has 6 heteroatoms. The molecule has 2 aliphatic rings. The molecule has 1 aromatic heterocycles. The first-order valence-electron chi connectivity index (χ1n) is 9.17. The number of carbonyl (C=O) groups is 1. The number of hydrogen-bond acceptors (Lipinski definition) is 4. The lowest BCUT2D eigenvalue weighted by Crippen LogP contribution is -2.37. The van der Waals surface area contributed by atoms with Crippen LogP contribution in [0.3, 0.4) is 0 Å². The van der Waals surface area contributed by atoms with Crippen molar-refractivity contribution in [2.45, 2.75) is 38.3 Å². The van der Waals surface area contributed by atoms with Crippen LogP contribution in [0.1, 0.15) is 41.5 Å². The Morgan fingerprint density at radius 2 is 2.23 bits per heavy atom. The van der Waals surface area contributed by atoms with Crippen molar-refractivity contribution in [1.82, 2.24) is 19.8 Å². The van der Waals surface area contributed by atoms with E-state index in [1.807, 2.05) is 11.1 Å². The van der Waals surface area contributed by atoms with E-state index in [1.54, 1.807) is 12.1 Å². The van der Waals surface area contributed by atoms with Crippen molar-refractivity contribution in [3.05, 3.63) is 58.9 Å². The molecule has 1 atom stereocenters. The predicted molar refractivity (Wildman–Crippen MR) is 95.9 cm³/mol. The van der Waals surface area contributed by atoms with Gasteiger partial charge in [-0.2, -0.15) is 0 Å². The molecule has 1 saturated heterocycles. The van der Waals surface area contributed by atoms with Crippen LogP contribution in [0.25, 0.3) is 0 Å². The predicted octanol–water partition coefficient (Wildman–Crippen LogP) is 2.51. The lowest BCUT2D eigenvalue weighted by molar-refractivity contribution is -0.131. The molecular formula is C20H23FN4O. The largest absolute Gasteiger partial charge is 0.338 e. The van der Waals surface area contributed by atoms with Gasteiger partial charge in [-0.3, -0.25) is 9.69 Å². The molecule has 1 fully saturated rings. The number of benzene rings is 1. The monoisotopic (exact) mass is 354 g/mol. The van der Waals surface area contributed by atoms with E-state index in [0.717, 1.165) is 36.5 Å². The summed E-state index contributed by atoms with van der Waals surface area (Å²) in [5.74, 6) is 0.612. The third kappa shape index (κ3) is 3.46. The van der Waals surface area contributed by atoms with Gasteiger partial charge in [0.2, 0.25) is 5.91 Å². The summed E-state index contributed by atoms with van der Waals surface area (Å²) in [7, 11) is 2.12. The van der Waals surface area contributed by atoms with E-state index < -0.39 is 0 Å². The van der Waals surface area contributed by atoms with Crippen molar-refractivity contribution in [2.75, 3.05) is 20.1 Å². The molecule has 0 saturated carbocycles. The molecule has 1 aromatic carbocycles. The number of amides is 1. The number of rotatable bonds is 3. The smallest absolute Gasteiger partial charge is 0.227 e. The van der Waals surface area contributed by atoms with Gasteiger partial charge in [-0.05, 0) is 44.1 Å². The van der Waals surface area contributed by atoms with Crippen LogP contribution in [0.5, 0.6) is 0 Å². The second kappa shape index (κ2) is 7.11. The molecule has 0 bridgehead atoms. The summed E-state index contributed by atoms with van der Waals surface area (Å²) >= 11 is 0. The third-order valence-electron chi connectivity index (χ3n) is 5.37. The van der Waals surface area contributed by atoms with Gasteiger partial charge in [-0.15, -0.1) is 0 Å². The summed E-state index contributed by atoms with van der Waals surface area (Å²) in [4.78, 5) is 26.1. The molecule has 0 radical (unpaired) electrons. The van der Waals surface area contributed by atoms with Crippen molar-refractivity contribution in [3.8, 4) is 0 Å². The Balaban J connectivity index is 1.45. The van der Waals surface area contributed by atoms with Crippen LogP contribution in [-0.2, 0) is 24.2 Å². The van der Waals surface area contributed by atoms with E-state index in [0.29, 0.717) is 24.7 Å². The zero-order chi connectivity index (χ0) is 18.1. The molecule has 2 aliphatic heterocycles. The minimum Gasteiger partial charge on any atom is -0.338 e. The number of carbonyl (C=O) groups excluding carboxylic acids is 1. The van der Waals surface area contributed by atoms with Crippen LogP contribution in [-0.4, -0.2) is 45.8 Å². The fourth-order valence-corrected chi connectivity index (χ4v) is 3.87. The Morgan fingerprint density at radius 1 is 1.35 bits per heavy atom. The second-order valence-corrected chi connectivity index (χ2v) is 7.21. The Labute approximate surface area is 152 Å². The summed E-state index contributed by atoms with van der Waals surface area (Å²) in [5.41, 5.74) is 2.79. The first-order chi connectivity index (χ1) is 12.6. The highest BCUT2D eigenvalue weighted by Gasteiger charge is 2.27. The Hall–Kier alpha value is -2.34. The van der Waals surface area contributed by atoms with Gasteiger partial charge in [0, 0.05) is 31.3 Å². The fourth-order valence-electron chi connectivity index (χ4n) is 3.87. The van der Waals surface area contributed by atoms with Gasteiger partial charge < -0.3 is 4.90 Å². The number of halogens is 1. The van der Waals surface area contributed by atoms with E-state index in [-0.39, 0.29) is 18.1 Å². The lowest BCUT2D eigenvalue weighted by atomic mass is 10.0. The summed E-state index contributed by atoms with van der Waals surface area (Å²) < 4.78 is 13.3. The van der Waals surface area contributed by atoms with Gasteiger partial charge in [0.15, 0.2) is 0 Å². The minimum absolute atomic E-state index is 0.0147. The molecular weight excluding hydrogens is 331 g/mol.